The lowest BCUT2D eigenvalue weighted by atomic mass is 10.3. The highest BCUT2D eigenvalue weighted by molar-refractivity contribution is 7.15. The number of aromatic amines is 1. The molecule has 78 valence electrons. The van der Waals surface area contributed by atoms with Gasteiger partial charge in [-0.1, -0.05) is 6.92 Å². The van der Waals surface area contributed by atoms with E-state index in [0.29, 0.717) is 5.82 Å². The zero-order chi connectivity index (χ0) is 10.8. The number of nitrogens with zero attached hydrogens (tertiary/aromatic N) is 1. The Morgan fingerprint density at radius 2 is 2.33 bits per heavy atom. The number of aromatic nitrogens is 2. The van der Waals surface area contributed by atoms with Crippen LogP contribution in [0.1, 0.15) is 11.8 Å². The highest BCUT2D eigenvalue weighted by Gasteiger charge is 2.05. The van der Waals surface area contributed by atoms with Crippen LogP contribution >= 0.6 is 11.3 Å². The Balaban J connectivity index is 2.48. The molecule has 4 nitrogen and oxygen atoms in total. The summed E-state index contributed by atoms with van der Waals surface area (Å²) < 4.78 is 0. The lowest BCUT2D eigenvalue weighted by Crippen LogP contribution is -2.05. The summed E-state index contributed by atoms with van der Waals surface area (Å²) in [5.41, 5.74) is -0.344. The predicted molar refractivity (Wildman–Crippen MR) is 59.2 cm³/mol. The first-order chi connectivity index (χ1) is 7.19. The summed E-state index contributed by atoms with van der Waals surface area (Å²) in [5, 5.41) is 9.19. The number of thiophene rings is 1. The molecule has 0 radical (unpaired) electrons. The van der Waals surface area contributed by atoms with Crippen LogP contribution in [0.2, 0.25) is 0 Å². The summed E-state index contributed by atoms with van der Waals surface area (Å²) >= 11 is 1.56. The van der Waals surface area contributed by atoms with Crippen LogP contribution in [-0.4, -0.2) is 15.1 Å². The van der Waals surface area contributed by atoms with Crippen LogP contribution in [0.3, 0.4) is 0 Å². The van der Waals surface area contributed by atoms with Gasteiger partial charge in [0.25, 0.3) is 5.56 Å². The molecule has 0 aromatic carbocycles. The van der Waals surface area contributed by atoms with Crippen LogP contribution in [0.15, 0.2) is 23.0 Å². The highest BCUT2D eigenvalue weighted by atomic mass is 32.1. The lowest BCUT2D eigenvalue weighted by Gasteiger charge is -1.96. The molecule has 0 unspecified atom stereocenters. The van der Waals surface area contributed by atoms with Crippen molar-refractivity contribution in [1.29, 1.82) is 0 Å². The van der Waals surface area contributed by atoms with E-state index in [-0.39, 0.29) is 11.4 Å². The first kappa shape index (κ1) is 9.92. The number of hydrogen-bond donors (Lipinski definition) is 2. The molecule has 0 amide bonds. The molecule has 2 N–H and O–H groups in total. The zero-order valence-electron chi connectivity index (χ0n) is 8.15. The maximum absolute atomic E-state index is 11.1. The van der Waals surface area contributed by atoms with Gasteiger partial charge in [0.15, 0.2) is 5.82 Å². The fourth-order valence-electron chi connectivity index (χ4n) is 1.26. The van der Waals surface area contributed by atoms with Crippen LogP contribution in [0, 0.1) is 0 Å². The van der Waals surface area contributed by atoms with Gasteiger partial charge >= 0.3 is 0 Å². The molecule has 0 saturated heterocycles. The Labute approximate surface area is 90.3 Å². The van der Waals surface area contributed by atoms with Gasteiger partial charge in [-0.15, -0.1) is 11.3 Å². The number of nitrogens with one attached hydrogen (secondary N) is 1. The van der Waals surface area contributed by atoms with Gasteiger partial charge in [0.05, 0.1) is 10.9 Å². The minimum atomic E-state index is -0.344. The van der Waals surface area contributed by atoms with Crippen molar-refractivity contribution in [3.05, 3.63) is 33.4 Å². The van der Waals surface area contributed by atoms with Crippen molar-refractivity contribution in [1.82, 2.24) is 9.97 Å². The molecular formula is C10H10N2O2S. The van der Waals surface area contributed by atoms with Gasteiger partial charge in [-0.3, -0.25) is 4.79 Å². The molecule has 2 aromatic heterocycles. The van der Waals surface area contributed by atoms with Crippen molar-refractivity contribution >= 4 is 11.3 Å². The SMILES string of the molecule is CCc1ccc(-c2nc(O)cc(=O)[nH]2)s1. The number of H-pyrrole nitrogens is 1. The van der Waals surface area contributed by atoms with Crippen molar-refractivity contribution in [2.24, 2.45) is 0 Å². The second-order valence-electron chi connectivity index (χ2n) is 3.07. The Kier molecular flexibility index (Phi) is 2.55. The molecule has 0 saturated carbocycles. The van der Waals surface area contributed by atoms with Crippen LogP contribution in [0.25, 0.3) is 10.7 Å². The smallest absolute Gasteiger partial charge is 0.254 e. The zero-order valence-corrected chi connectivity index (χ0v) is 8.97. The van der Waals surface area contributed by atoms with E-state index in [1.165, 1.54) is 4.88 Å². The second kappa shape index (κ2) is 3.86. The quantitative estimate of drug-likeness (QED) is 0.813. The molecule has 2 aromatic rings. The van der Waals surface area contributed by atoms with E-state index in [0.717, 1.165) is 17.4 Å². The topological polar surface area (TPSA) is 66.0 Å². The van der Waals surface area contributed by atoms with E-state index in [1.807, 2.05) is 12.1 Å². The standard InChI is InChI=1S/C10H10N2O2S/c1-2-6-3-4-7(15-6)10-11-8(13)5-9(14)12-10/h3-5H,2H2,1H3,(H2,11,12,13,14). The average Bonchev–Trinajstić information content (AvgIpc) is 2.64. The largest absolute Gasteiger partial charge is 0.493 e. The third-order valence-electron chi connectivity index (χ3n) is 1.97. The summed E-state index contributed by atoms with van der Waals surface area (Å²) in [6, 6.07) is 4.93. The number of aryl methyl sites for hydroxylation is 1. The molecule has 0 aliphatic heterocycles. The molecule has 0 spiro atoms. The third kappa shape index (κ3) is 2.07. The molecule has 2 rings (SSSR count). The number of aromatic hydroxyl groups is 1. The minimum absolute atomic E-state index is 0.250. The first-order valence-corrected chi connectivity index (χ1v) is 5.40. The molecule has 0 aliphatic rings. The molecule has 0 aliphatic carbocycles. The maximum Gasteiger partial charge on any atom is 0.254 e. The summed E-state index contributed by atoms with van der Waals surface area (Å²) in [7, 11) is 0. The van der Waals surface area contributed by atoms with Gasteiger partial charge < -0.3 is 10.1 Å². The molecule has 0 fully saturated rings. The van der Waals surface area contributed by atoms with Gasteiger partial charge in [-0.25, -0.2) is 0 Å². The summed E-state index contributed by atoms with van der Waals surface area (Å²) in [6.45, 7) is 2.06. The predicted octanol–water partition coefficient (Wildman–Crippen LogP) is 1.77. The van der Waals surface area contributed by atoms with Crippen LogP contribution in [0.4, 0.5) is 0 Å². The van der Waals surface area contributed by atoms with Gasteiger partial charge in [-0.05, 0) is 18.6 Å². The lowest BCUT2D eigenvalue weighted by molar-refractivity contribution is 0.452. The highest BCUT2D eigenvalue weighted by Crippen LogP contribution is 2.25. The summed E-state index contributed by atoms with van der Waals surface area (Å²) in [6.07, 6.45) is 0.952. The summed E-state index contributed by atoms with van der Waals surface area (Å²) in [5.74, 6) is 0.171. The molecule has 2 heterocycles. The van der Waals surface area contributed by atoms with Gasteiger partial charge in [-0.2, -0.15) is 4.98 Å². The molecule has 15 heavy (non-hydrogen) atoms. The van der Waals surface area contributed by atoms with Crippen molar-refractivity contribution in [3.63, 3.8) is 0 Å². The van der Waals surface area contributed by atoms with Crippen LogP contribution in [0.5, 0.6) is 5.88 Å². The van der Waals surface area contributed by atoms with Gasteiger partial charge in [0.1, 0.15) is 0 Å². The van der Waals surface area contributed by atoms with Crippen LogP contribution < -0.4 is 5.56 Å². The van der Waals surface area contributed by atoms with E-state index in [9.17, 15) is 9.90 Å². The second-order valence-corrected chi connectivity index (χ2v) is 4.24. The first-order valence-electron chi connectivity index (χ1n) is 4.58. The van der Waals surface area contributed by atoms with Crippen molar-refractivity contribution < 1.29 is 5.11 Å². The molecule has 0 bridgehead atoms. The Morgan fingerprint density at radius 3 is 2.93 bits per heavy atom. The van der Waals surface area contributed by atoms with E-state index in [1.54, 1.807) is 11.3 Å². The number of rotatable bonds is 2. The number of hydrogen-bond acceptors (Lipinski definition) is 4. The van der Waals surface area contributed by atoms with Gasteiger partial charge in [0.2, 0.25) is 5.88 Å². The average molecular weight is 222 g/mol. The third-order valence-corrected chi connectivity index (χ3v) is 3.21. The van der Waals surface area contributed by atoms with Crippen molar-refractivity contribution in [2.45, 2.75) is 13.3 Å². The Morgan fingerprint density at radius 1 is 1.53 bits per heavy atom. The van der Waals surface area contributed by atoms with Crippen molar-refractivity contribution in [3.8, 4) is 16.6 Å². The molecule has 5 heteroatoms. The van der Waals surface area contributed by atoms with E-state index in [2.05, 4.69) is 16.9 Å². The van der Waals surface area contributed by atoms with Gasteiger partial charge in [0, 0.05) is 4.88 Å². The van der Waals surface area contributed by atoms with E-state index in [4.69, 9.17) is 0 Å². The van der Waals surface area contributed by atoms with Crippen molar-refractivity contribution in [2.75, 3.05) is 0 Å². The molecule has 0 atom stereocenters. The fourth-order valence-corrected chi connectivity index (χ4v) is 2.15. The van der Waals surface area contributed by atoms with E-state index < -0.39 is 0 Å². The van der Waals surface area contributed by atoms with E-state index >= 15 is 0 Å². The maximum atomic E-state index is 11.1. The fraction of sp³-hybridized carbons (Fsp3) is 0.200. The molecular weight excluding hydrogens is 212 g/mol. The normalized spacial score (nSPS) is 10.5. The minimum Gasteiger partial charge on any atom is -0.493 e. The van der Waals surface area contributed by atoms with Crippen LogP contribution in [-0.2, 0) is 6.42 Å². The summed E-state index contributed by atoms with van der Waals surface area (Å²) in [4.78, 5) is 19.6. The Hall–Kier alpha value is -1.62. The monoisotopic (exact) mass is 222 g/mol. The Bertz CT molecular complexity index is 530.